The molecule has 0 aliphatic carbocycles. The molecule has 0 aliphatic heterocycles. The van der Waals surface area contributed by atoms with Crippen LogP contribution in [0.4, 0.5) is 19.1 Å². The maximum absolute atomic E-state index is 13.5. The fraction of sp³-hybridized carbons (Fsp3) is 0.182. The summed E-state index contributed by atoms with van der Waals surface area (Å²) >= 11 is 0. The minimum Gasteiger partial charge on any atom is -0.368 e. The number of benzene rings is 1. The molecule has 0 unspecified atom stereocenters. The quantitative estimate of drug-likeness (QED) is 0.878. The second-order valence-corrected chi connectivity index (χ2v) is 3.60. The van der Waals surface area contributed by atoms with Gasteiger partial charge in [-0.1, -0.05) is 5.16 Å². The number of halogens is 3. The van der Waals surface area contributed by atoms with Crippen molar-refractivity contribution in [3.8, 4) is 11.3 Å². The summed E-state index contributed by atoms with van der Waals surface area (Å²) in [6.45, 7) is 1.41. The third-order valence-electron chi connectivity index (χ3n) is 2.38. The van der Waals surface area contributed by atoms with E-state index < -0.39 is 17.8 Å². The zero-order valence-electron chi connectivity index (χ0n) is 8.88. The first kappa shape index (κ1) is 11.5. The zero-order valence-corrected chi connectivity index (χ0v) is 8.88. The van der Waals surface area contributed by atoms with Crippen LogP contribution in [0.1, 0.15) is 17.6 Å². The van der Waals surface area contributed by atoms with Gasteiger partial charge in [0.1, 0.15) is 11.5 Å². The van der Waals surface area contributed by atoms with E-state index in [9.17, 15) is 13.2 Å². The number of rotatable bonds is 2. The van der Waals surface area contributed by atoms with E-state index in [1.807, 2.05) is 0 Å². The third-order valence-corrected chi connectivity index (χ3v) is 2.38. The average molecular weight is 242 g/mol. The lowest BCUT2D eigenvalue weighted by Gasteiger charge is -2.07. The molecule has 1 aromatic carbocycles. The topological polar surface area (TPSA) is 52.0 Å². The van der Waals surface area contributed by atoms with E-state index in [2.05, 4.69) is 9.68 Å². The van der Waals surface area contributed by atoms with Gasteiger partial charge >= 0.3 is 0 Å². The molecule has 0 saturated carbocycles. The fourth-order valence-electron chi connectivity index (χ4n) is 1.60. The summed E-state index contributed by atoms with van der Waals surface area (Å²) in [5, 5.41) is 3.59. The predicted octanol–water partition coefficient (Wildman–Crippen LogP) is 3.31. The van der Waals surface area contributed by atoms with E-state index in [4.69, 9.17) is 5.73 Å². The molecular formula is C11H9F3N2O. The van der Waals surface area contributed by atoms with Crippen LogP contribution in [0.25, 0.3) is 11.3 Å². The summed E-state index contributed by atoms with van der Waals surface area (Å²) in [4.78, 5) is 0. The maximum atomic E-state index is 13.5. The minimum absolute atomic E-state index is 0.0796. The molecule has 0 spiro atoms. The van der Waals surface area contributed by atoms with E-state index in [-0.39, 0.29) is 11.4 Å². The Labute approximate surface area is 95.0 Å². The summed E-state index contributed by atoms with van der Waals surface area (Å²) in [5.41, 5.74) is 5.56. The highest BCUT2D eigenvalue weighted by molar-refractivity contribution is 5.63. The second-order valence-electron chi connectivity index (χ2n) is 3.60. The number of hydrogen-bond acceptors (Lipinski definition) is 3. The number of nitrogens with two attached hydrogens (primary N) is 1. The van der Waals surface area contributed by atoms with Gasteiger partial charge in [0.15, 0.2) is 0 Å². The van der Waals surface area contributed by atoms with Gasteiger partial charge in [-0.25, -0.2) is 13.2 Å². The average Bonchev–Trinajstić information content (AvgIpc) is 2.63. The summed E-state index contributed by atoms with van der Waals surface area (Å²) in [6.07, 6.45) is -2.84. The van der Waals surface area contributed by atoms with Gasteiger partial charge in [0.05, 0.1) is 5.56 Å². The summed E-state index contributed by atoms with van der Waals surface area (Å²) in [5.74, 6) is -0.882. The molecule has 90 valence electrons. The lowest BCUT2D eigenvalue weighted by Crippen LogP contribution is -1.96. The predicted molar refractivity (Wildman–Crippen MR) is 56.0 cm³/mol. The number of anilines is 1. The van der Waals surface area contributed by atoms with Crippen molar-refractivity contribution in [1.29, 1.82) is 0 Å². The van der Waals surface area contributed by atoms with Crippen molar-refractivity contribution in [2.45, 2.75) is 13.3 Å². The second kappa shape index (κ2) is 4.12. The molecule has 0 bridgehead atoms. The Hall–Kier alpha value is -1.98. The minimum atomic E-state index is -2.84. The van der Waals surface area contributed by atoms with Crippen molar-refractivity contribution < 1.29 is 17.7 Å². The smallest absolute Gasteiger partial charge is 0.266 e. The Balaban J connectivity index is 2.52. The molecule has 3 nitrogen and oxygen atoms in total. The van der Waals surface area contributed by atoms with Gasteiger partial charge in [0.2, 0.25) is 5.88 Å². The molecule has 1 heterocycles. The largest absolute Gasteiger partial charge is 0.368 e. The molecule has 0 atom stereocenters. The van der Waals surface area contributed by atoms with Gasteiger partial charge in [-0.15, -0.1) is 0 Å². The molecule has 2 N–H and O–H groups in total. The molecule has 17 heavy (non-hydrogen) atoms. The summed E-state index contributed by atoms with van der Waals surface area (Å²) in [6, 6.07) is 3.81. The maximum Gasteiger partial charge on any atom is 0.266 e. The van der Waals surface area contributed by atoms with Gasteiger partial charge in [-0.3, -0.25) is 0 Å². The van der Waals surface area contributed by atoms with E-state index in [0.29, 0.717) is 11.3 Å². The van der Waals surface area contributed by atoms with Crippen molar-refractivity contribution in [3.05, 3.63) is 35.1 Å². The van der Waals surface area contributed by atoms with Crippen LogP contribution in [0.5, 0.6) is 0 Å². The van der Waals surface area contributed by atoms with Crippen LogP contribution in [0, 0.1) is 12.7 Å². The number of nitrogens with zero attached hydrogens (tertiary/aromatic N) is 1. The SMILES string of the molecule is Cc1cc(-c2cc(N)on2)cc(F)c1C(F)F. The van der Waals surface area contributed by atoms with Crippen molar-refractivity contribution in [2.24, 2.45) is 0 Å². The van der Waals surface area contributed by atoms with E-state index in [1.165, 1.54) is 19.1 Å². The van der Waals surface area contributed by atoms with Gasteiger partial charge in [0, 0.05) is 11.6 Å². The lowest BCUT2D eigenvalue weighted by atomic mass is 10.0. The molecule has 0 fully saturated rings. The Bertz CT molecular complexity index is 528. The van der Waals surface area contributed by atoms with E-state index in [1.54, 1.807) is 0 Å². The van der Waals surface area contributed by atoms with Crippen LogP contribution in [-0.2, 0) is 0 Å². The Morgan fingerprint density at radius 3 is 2.47 bits per heavy atom. The van der Waals surface area contributed by atoms with Gasteiger partial charge in [-0.2, -0.15) is 0 Å². The number of aromatic nitrogens is 1. The highest BCUT2D eigenvalue weighted by atomic mass is 19.3. The Morgan fingerprint density at radius 2 is 2.00 bits per heavy atom. The molecule has 0 aliphatic rings. The van der Waals surface area contributed by atoms with Gasteiger partial charge in [-0.05, 0) is 24.6 Å². The lowest BCUT2D eigenvalue weighted by molar-refractivity contribution is 0.145. The first-order valence-electron chi connectivity index (χ1n) is 4.80. The third kappa shape index (κ3) is 2.11. The monoisotopic (exact) mass is 242 g/mol. The first-order chi connectivity index (χ1) is 7.99. The highest BCUT2D eigenvalue weighted by Crippen LogP contribution is 2.30. The molecule has 2 rings (SSSR count). The van der Waals surface area contributed by atoms with Crippen LogP contribution < -0.4 is 5.73 Å². The summed E-state index contributed by atoms with van der Waals surface area (Å²) in [7, 11) is 0. The number of alkyl halides is 2. The number of nitrogen functional groups attached to an aromatic ring is 1. The number of hydrogen-bond donors (Lipinski definition) is 1. The molecule has 0 saturated heterocycles. The van der Waals surface area contributed by atoms with E-state index in [0.717, 1.165) is 6.07 Å². The Kier molecular flexibility index (Phi) is 2.79. The molecule has 0 radical (unpaired) electrons. The molecule has 0 amide bonds. The van der Waals surface area contributed by atoms with Crippen LogP contribution in [0.3, 0.4) is 0 Å². The molecule has 6 heteroatoms. The summed E-state index contributed by atoms with van der Waals surface area (Å²) < 4.78 is 43.2. The van der Waals surface area contributed by atoms with Crippen LogP contribution in [-0.4, -0.2) is 5.16 Å². The fourth-order valence-corrected chi connectivity index (χ4v) is 1.60. The van der Waals surface area contributed by atoms with Crippen molar-refractivity contribution >= 4 is 5.88 Å². The van der Waals surface area contributed by atoms with E-state index >= 15 is 0 Å². The highest BCUT2D eigenvalue weighted by Gasteiger charge is 2.18. The normalized spacial score (nSPS) is 11.1. The van der Waals surface area contributed by atoms with Crippen molar-refractivity contribution in [3.63, 3.8) is 0 Å². The van der Waals surface area contributed by atoms with Gasteiger partial charge in [0.25, 0.3) is 6.43 Å². The van der Waals surface area contributed by atoms with Crippen LogP contribution in [0.2, 0.25) is 0 Å². The van der Waals surface area contributed by atoms with Crippen LogP contribution >= 0.6 is 0 Å². The van der Waals surface area contributed by atoms with Crippen molar-refractivity contribution in [1.82, 2.24) is 5.16 Å². The molecule has 2 aromatic rings. The number of aryl methyl sites for hydroxylation is 1. The standard InChI is InChI=1S/C11H9F3N2O/c1-5-2-6(8-4-9(15)17-16-8)3-7(12)10(5)11(13)14/h2-4,11H,15H2,1H3. The van der Waals surface area contributed by atoms with Crippen LogP contribution in [0.15, 0.2) is 22.7 Å². The van der Waals surface area contributed by atoms with Gasteiger partial charge < -0.3 is 10.3 Å². The first-order valence-corrected chi connectivity index (χ1v) is 4.80. The zero-order chi connectivity index (χ0) is 12.6. The van der Waals surface area contributed by atoms with Crippen molar-refractivity contribution in [2.75, 3.05) is 5.73 Å². The molecular weight excluding hydrogens is 233 g/mol. The Morgan fingerprint density at radius 1 is 1.29 bits per heavy atom. The molecule has 1 aromatic heterocycles.